The summed E-state index contributed by atoms with van der Waals surface area (Å²) in [6.45, 7) is 4.58. The zero-order chi connectivity index (χ0) is 14.5. The molecule has 2 heterocycles. The van der Waals surface area contributed by atoms with Gasteiger partial charge in [0.1, 0.15) is 12.1 Å². The first-order chi connectivity index (χ1) is 9.60. The molecular formula is C13H15ClN4O2. The zero-order valence-electron chi connectivity index (χ0n) is 11.2. The van der Waals surface area contributed by atoms with Crippen molar-refractivity contribution in [2.24, 2.45) is 0 Å². The van der Waals surface area contributed by atoms with Crippen molar-refractivity contribution < 1.29 is 9.21 Å². The molecule has 2 N–H and O–H groups in total. The van der Waals surface area contributed by atoms with Crippen LogP contribution in [0.2, 0.25) is 5.02 Å². The number of anilines is 2. The monoisotopic (exact) mass is 294 g/mol. The van der Waals surface area contributed by atoms with Crippen molar-refractivity contribution in [2.45, 2.75) is 20.3 Å². The molecule has 2 aromatic heterocycles. The van der Waals surface area contributed by atoms with Crippen molar-refractivity contribution in [3.63, 3.8) is 0 Å². The fourth-order valence-electron chi connectivity index (χ4n) is 1.52. The van der Waals surface area contributed by atoms with Crippen LogP contribution in [0.5, 0.6) is 0 Å². The van der Waals surface area contributed by atoms with Gasteiger partial charge in [-0.1, -0.05) is 18.5 Å². The standard InChI is InChI=1S/C13H15ClN4O2/c1-3-4-15-11-10(14)5-9(6-16-11)12(19)18-13-17-8(2)7-20-13/h5-7H,3-4H2,1-2H3,(H,15,16)(H,17,18,19). The fraction of sp³-hybridized carbons (Fsp3) is 0.308. The van der Waals surface area contributed by atoms with E-state index >= 15 is 0 Å². The molecule has 7 heteroatoms. The van der Waals surface area contributed by atoms with Crippen LogP contribution < -0.4 is 10.6 Å². The lowest BCUT2D eigenvalue weighted by atomic mass is 10.2. The van der Waals surface area contributed by atoms with Crippen LogP contribution in [0.4, 0.5) is 11.8 Å². The van der Waals surface area contributed by atoms with E-state index in [2.05, 4.69) is 20.6 Å². The normalized spacial score (nSPS) is 10.3. The van der Waals surface area contributed by atoms with E-state index in [-0.39, 0.29) is 11.9 Å². The van der Waals surface area contributed by atoms with Crippen LogP contribution in [-0.4, -0.2) is 22.4 Å². The molecular weight excluding hydrogens is 280 g/mol. The first-order valence-corrected chi connectivity index (χ1v) is 6.61. The molecule has 0 radical (unpaired) electrons. The van der Waals surface area contributed by atoms with E-state index < -0.39 is 0 Å². The Balaban J connectivity index is 2.08. The summed E-state index contributed by atoms with van der Waals surface area (Å²) in [6, 6.07) is 1.70. The molecule has 0 unspecified atom stereocenters. The predicted molar refractivity (Wildman–Crippen MR) is 77.2 cm³/mol. The van der Waals surface area contributed by atoms with Gasteiger partial charge in [0, 0.05) is 12.7 Å². The fourth-order valence-corrected chi connectivity index (χ4v) is 1.75. The first-order valence-electron chi connectivity index (χ1n) is 6.23. The first kappa shape index (κ1) is 14.3. The number of nitrogens with zero attached hydrogens (tertiary/aromatic N) is 2. The van der Waals surface area contributed by atoms with Crippen LogP contribution in [0.1, 0.15) is 29.4 Å². The summed E-state index contributed by atoms with van der Waals surface area (Å²) in [5.41, 5.74) is 1.03. The number of carbonyl (C=O) groups excluding carboxylic acids is 1. The van der Waals surface area contributed by atoms with Gasteiger partial charge in [0.15, 0.2) is 0 Å². The summed E-state index contributed by atoms with van der Waals surface area (Å²) in [4.78, 5) is 20.1. The molecule has 6 nitrogen and oxygen atoms in total. The molecule has 0 bridgehead atoms. The average Bonchev–Trinajstić information content (AvgIpc) is 2.82. The van der Waals surface area contributed by atoms with Crippen LogP contribution in [-0.2, 0) is 0 Å². The summed E-state index contributed by atoms with van der Waals surface area (Å²) in [5, 5.41) is 6.01. The largest absolute Gasteiger partial charge is 0.432 e. The Bertz CT molecular complexity index is 612. The van der Waals surface area contributed by atoms with E-state index in [1.807, 2.05) is 6.92 Å². The van der Waals surface area contributed by atoms with E-state index in [1.54, 1.807) is 13.0 Å². The second-order valence-electron chi connectivity index (χ2n) is 4.23. The minimum atomic E-state index is -0.372. The number of aromatic nitrogens is 2. The minimum absolute atomic E-state index is 0.150. The van der Waals surface area contributed by atoms with E-state index in [0.29, 0.717) is 22.1 Å². The third kappa shape index (κ3) is 3.48. The molecule has 106 valence electrons. The Labute approximate surface area is 121 Å². The quantitative estimate of drug-likeness (QED) is 0.885. The molecule has 20 heavy (non-hydrogen) atoms. The summed E-state index contributed by atoms with van der Waals surface area (Å²) >= 11 is 6.07. The molecule has 2 aromatic rings. The summed E-state index contributed by atoms with van der Waals surface area (Å²) in [6.07, 6.45) is 3.87. The number of hydrogen-bond acceptors (Lipinski definition) is 5. The third-order valence-electron chi connectivity index (χ3n) is 2.49. The van der Waals surface area contributed by atoms with Crippen molar-refractivity contribution in [2.75, 3.05) is 17.2 Å². The van der Waals surface area contributed by atoms with Gasteiger partial charge in [-0.25, -0.2) is 4.98 Å². The summed E-state index contributed by atoms with van der Waals surface area (Å²) in [5.74, 6) is 0.195. The topological polar surface area (TPSA) is 80.0 Å². The van der Waals surface area contributed by atoms with Crippen LogP contribution in [0.3, 0.4) is 0 Å². The molecule has 0 saturated carbocycles. The van der Waals surface area contributed by atoms with E-state index in [0.717, 1.165) is 13.0 Å². The highest BCUT2D eigenvalue weighted by Crippen LogP contribution is 2.20. The number of pyridine rings is 1. The number of hydrogen-bond donors (Lipinski definition) is 2. The lowest BCUT2D eigenvalue weighted by molar-refractivity contribution is 0.102. The Hall–Kier alpha value is -2.08. The van der Waals surface area contributed by atoms with Crippen LogP contribution >= 0.6 is 11.6 Å². The molecule has 0 aliphatic heterocycles. The van der Waals surface area contributed by atoms with Gasteiger partial charge in [0.05, 0.1) is 16.3 Å². The lowest BCUT2D eigenvalue weighted by Crippen LogP contribution is -2.13. The molecule has 0 aliphatic carbocycles. The predicted octanol–water partition coefficient (Wildman–Crippen LogP) is 3.11. The smallest absolute Gasteiger partial charge is 0.301 e. The lowest BCUT2D eigenvalue weighted by Gasteiger charge is -2.07. The van der Waals surface area contributed by atoms with Crippen molar-refractivity contribution in [1.29, 1.82) is 0 Å². The molecule has 0 aliphatic rings. The van der Waals surface area contributed by atoms with Crippen LogP contribution in [0.15, 0.2) is 22.9 Å². The number of carbonyl (C=O) groups is 1. The molecule has 0 spiro atoms. The van der Waals surface area contributed by atoms with Crippen molar-refractivity contribution >= 4 is 29.3 Å². The number of aryl methyl sites for hydroxylation is 1. The second-order valence-corrected chi connectivity index (χ2v) is 4.64. The van der Waals surface area contributed by atoms with Crippen LogP contribution in [0, 0.1) is 6.92 Å². The van der Waals surface area contributed by atoms with E-state index in [4.69, 9.17) is 16.0 Å². The van der Waals surface area contributed by atoms with Gasteiger partial charge < -0.3 is 9.73 Å². The number of nitrogens with one attached hydrogen (secondary N) is 2. The Morgan fingerprint density at radius 1 is 1.50 bits per heavy atom. The van der Waals surface area contributed by atoms with Gasteiger partial charge in [-0.2, -0.15) is 4.98 Å². The second kappa shape index (κ2) is 6.38. The molecule has 0 atom stereocenters. The number of rotatable bonds is 5. The number of halogens is 1. The molecule has 0 aromatic carbocycles. The van der Waals surface area contributed by atoms with Crippen LogP contribution in [0.25, 0.3) is 0 Å². The highest BCUT2D eigenvalue weighted by atomic mass is 35.5. The van der Waals surface area contributed by atoms with Gasteiger partial charge in [-0.05, 0) is 19.4 Å². The summed E-state index contributed by atoms with van der Waals surface area (Å²) < 4.78 is 5.05. The van der Waals surface area contributed by atoms with E-state index in [9.17, 15) is 4.79 Å². The Morgan fingerprint density at radius 2 is 2.30 bits per heavy atom. The number of amides is 1. The maximum Gasteiger partial charge on any atom is 0.301 e. The molecule has 2 rings (SSSR count). The van der Waals surface area contributed by atoms with Gasteiger partial charge in [0.2, 0.25) is 0 Å². The van der Waals surface area contributed by atoms with Gasteiger partial charge in [-0.15, -0.1) is 0 Å². The Kier molecular flexibility index (Phi) is 4.57. The van der Waals surface area contributed by atoms with E-state index in [1.165, 1.54) is 12.5 Å². The maximum absolute atomic E-state index is 12.0. The average molecular weight is 295 g/mol. The molecule has 0 fully saturated rings. The SMILES string of the molecule is CCCNc1ncc(C(=O)Nc2nc(C)co2)cc1Cl. The minimum Gasteiger partial charge on any atom is -0.432 e. The van der Waals surface area contributed by atoms with Crippen molar-refractivity contribution in [3.05, 3.63) is 34.8 Å². The molecule has 1 amide bonds. The Morgan fingerprint density at radius 3 is 2.90 bits per heavy atom. The highest BCUT2D eigenvalue weighted by Gasteiger charge is 2.12. The summed E-state index contributed by atoms with van der Waals surface area (Å²) in [7, 11) is 0. The van der Waals surface area contributed by atoms with Gasteiger partial charge in [0.25, 0.3) is 5.91 Å². The van der Waals surface area contributed by atoms with Gasteiger partial charge >= 0.3 is 6.01 Å². The maximum atomic E-state index is 12.0. The van der Waals surface area contributed by atoms with Crippen molar-refractivity contribution in [3.8, 4) is 0 Å². The zero-order valence-corrected chi connectivity index (χ0v) is 12.0. The van der Waals surface area contributed by atoms with Gasteiger partial charge in [-0.3, -0.25) is 10.1 Å². The number of oxazole rings is 1. The third-order valence-corrected chi connectivity index (χ3v) is 2.77. The highest BCUT2D eigenvalue weighted by molar-refractivity contribution is 6.33. The van der Waals surface area contributed by atoms with Crippen molar-refractivity contribution in [1.82, 2.24) is 9.97 Å². The molecule has 0 saturated heterocycles.